The number of nitrogens with one attached hydrogen (secondary N) is 3. The first-order valence-electron chi connectivity index (χ1n) is 11.6. The van der Waals surface area contributed by atoms with Crippen molar-refractivity contribution >= 4 is 40.0 Å². The van der Waals surface area contributed by atoms with Crippen LogP contribution in [0.1, 0.15) is 21.5 Å². The molecule has 0 aliphatic carbocycles. The molecule has 1 amide bonds. The first-order chi connectivity index (χ1) is 18.0. The van der Waals surface area contributed by atoms with Crippen LogP contribution in [-0.4, -0.2) is 21.0 Å². The van der Waals surface area contributed by atoms with Gasteiger partial charge in [-0.25, -0.2) is 9.37 Å². The van der Waals surface area contributed by atoms with Crippen LogP contribution in [-0.2, 0) is 6.61 Å². The molecule has 8 heteroatoms. The van der Waals surface area contributed by atoms with Crippen molar-refractivity contribution in [3.63, 3.8) is 0 Å². The summed E-state index contributed by atoms with van der Waals surface area (Å²) in [6.07, 6.45) is 0. The van der Waals surface area contributed by atoms with Gasteiger partial charge in [-0.1, -0.05) is 36.4 Å². The molecule has 0 fully saturated rings. The lowest BCUT2D eigenvalue weighted by Crippen LogP contribution is -2.34. The number of aromatic amines is 1. The summed E-state index contributed by atoms with van der Waals surface area (Å²) in [5, 5.41) is 5.93. The van der Waals surface area contributed by atoms with Crippen molar-refractivity contribution in [1.29, 1.82) is 0 Å². The second-order valence-corrected chi connectivity index (χ2v) is 8.85. The van der Waals surface area contributed by atoms with E-state index in [0.717, 1.165) is 33.7 Å². The quantitative estimate of drug-likeness (QED) is 0.231. The maximum absolute atomic E-state index is 13.8. The second-order valence-electron chi connectivity index (χ2n) is 8.44. The van der Waals surface area contributed by atoms with Crippen molar-refractivity contribution < 1.29 is 13.9 Å². The van der Waals surface area contributed by atoms with E-state index in [-0.39, 0.29) is 23.4 Å². The fourth-order valence-corrected chi connectivity index (χ4v) is 4.06. The summed E-state index contributed by atoms with van der Waals surface area (Å²) >= 11 is 5.36. The Bertz CT molecular complexity index is 1560. The van der Waals surface area contributed by atoms with Crippen LogP contribution in [0.25, 0.3) is 22.4 Å². The predicted molar refractivity (Wildman–Crippen MR) is 147 cm³/mol. The number of ether oxygens (including phenoxy) is 1. The Hall–Kier alpha value is -4.56. The number of nitrogens with zero attached hydrogens (tertiary/aromatic N) is 1. The molecule has 5 aromatic rings. The average molecular weight is 511 g/mol. The number of H-pyrrole nitrogens is 1. The van der Waals surface area contributed by atoms with Crippen LogP contribution in [0.4, 0.5) is 10.1 Å². The van der Waals surface area contributed by atoms with Gasteiger partial charge in [0.05, 0.1) is 11.0 Å². The molecule has 5 rings (SSSR count). The zero-order valence-corrected chi connectivity index (χ0v) is 20.7. The molecule has 0 saturated heterocycles. The molecule has 3 N–H and O–H groups in total. The molecule has 0 radical (unpaired) electrons. The Morgan fingerprint density at radius 3 is 2.54 bits per heavy atom. The zero-order valence-electron chi connectivity index (χ0n) is 19.9. The number of thiocarbonyl (C=S) groups is 1. The highest BCUT2D eigenvalue weighted by atomic mass is 32.1. The fraction of sp³-hybridized carbons (Fsp3) is 0.0690. The zero-order chi connectivity index (χ0) is 25.8. The number of aryl methyl sites for hydroxylation is 1. The standard InChI is InChI=1S/C29H23FN4O2S/c1-18-10-13-21(16-23(18)27-32-25-8-4-5-9-26(25)33-27)31-29(37)34-28(35)19-11-14-22(15-12-19)36-17-20-6-2-3-7-24(20)30/h2-16H,17H2,1H3,(H,32,33)(H2,31,34,35,37). The van der Waals surface area contributed by atoms with Crippen molar-refractivity contribution in [3.05, 3.63) is 114 Å². The average Bonchev–Trinajstić information content (AvgIpc) is 3.34. The van der Waals surface area contributed by atoms with Crippen molar-refractivity contribution in [3.8, 4) is 17.1 Å². The minimum atomic E-state index is -0.359. The van der Waals surface area contributed by atoms with E-state index in [1.54, 1.807) is 42.5 Å². The van der Waals surface area contributed by atoms with E-state index in [1.807, 2.05) is 49.4 Å². The van der Waals surface area contributed by atoms with Gasteiger partial charge in [-0.15, -0.1) is 0 Å². The number of hydrogen-bond acceptors (Lipinski definition) is 4. The second kappa shape index (κ2) is 10.6. The molecule has 0 aliphatic rings. The van der Waals surface area contributed by atoms with Gasteiger partial charge in [0.1, 0.15) is 24.0 Å². The van der Waals surface area contributed by atoms with Crippen LogP contribution in [0.2, 0.25) is 0 Å². The van der Waals surface area contributed by atoms with Crippen LogP contribution in [0.5, 0.6) is 5.75 Å². The van der Waals surface area contributed by atoms with Gasteiger partial charge in [0.25, 0.3) is 5.91 Å². The van der Waals surface area contributed by atoms with Gasteiger partial charge < -0.3 is 15.0 Å². The number of carbonyl (C=O) groups excluding carboxylic acids is 1. The number of amides is 1. The lowest BCUT2D eigenvalue weighted by molar-refractivity contribution is 0.0977. The molecule has 1 aromatic heterocycles. The predicted octanol–water partition coefficient (Wildman–Crippen LogP) is 6.38. The van der Waals surface area contributed by atoms with Gasteiger partial charge in [0.2, 0.25) is 0 Å². The van der Waals surface area contributed by atoms with Crippen molar-refractivity contribution in [2.24, 2.45) is 0 Å². The highest BCUT2D eigenvalue weighted by molar-refractivity contribution is 7.80. The third-order valence-electron chi connectivity index (χ3n) is 5.84. The Balaban J connectivity index is 1.21. The van der Waals surface area contributed by atoms with Crippen LogP contribution in [0, 0.1) is 12.7 Å². The number of aromatic nitrogens is 2. The Kier molecular flexibility index (Phi) is 6.91. The van der Waals surface area contributed by atoms with Crippen molar-refractivity contribution in [2.75, 3.05) is 5.32 Å². The Morgan fingerprint density at radius 1 is 1.00 bits per heavy atom. The number of para-hydroxylation sites is 2. The van der Waals surface area contributed by atoms with E-state index in [9.17, 15) is 9.18 Å². The third kappa shape index (κ3) is 5.65. The summed E-state index contributed by atoms with van der Waals surface area (Å²) in [5.41, 5.74) is 5.43. The molecule has 6 nitrogen and oxygen atoms in total. The largest absolute Gasteiger partial charge is 0.489 e. The van der Waals surface area contributed by atoms with Crippen LogP contribution >= 0.6 is 12.2 Å². The highest BCUT2D eigenvalue weighted by Gasteiger charge is 2.12. The van der Waals surface area contributed by atoms with Gasteiger partial charge in [-0.2, -0.15) is 0 Å². The molecule has 0 bridgehead atoms. The van der Waals surface area contributed by atoms with Crippen LogP contribution in [0.3, 0.4) is 0 Å². The summed E-state index contributed by atoms with van der Waals surface area (Å²) in [5.74, 6) is 0.605. The minimum Gasteiger partial charge on any atom is -0.489 e. The summed E-state index contributed by atoms with van der Waals surface area (Å²) in [4.78, 5) is 20.7. The third-order valence-corrected chi connectivity index (χ3v) is 6.04. The summed E-state index contributed by atoms with van der Waals surface area (Å²) in [7, 11) is 0. The lowest BCUT2D eigenvalue weighted by atomic mass is 10.1. The number of hydrogen-bond donors (Lipinski definition) is 3. The van der Waals surface area contributed by atoms with E-state index in [4.69, 9.17) is 17.0 Å². The number of anilines is 1. The van der Waals surface area contributed by atoms with E-state index in [1.165, 1.54) is 6.07 Å². The van der Waals surface area contributed by atoms with Crippen molar-refractivity contribution in [1.82, 2.24) is 15.3 Å². The molecule has 0 aliphatic heterocycles. The van der Waals surface area contributed by atoms with E-state index in [0.29, 0.717) is 16.9 Å². The number of rotatable bonds is 6. The molecule has 0 atom stereocenters. The van der Waals surface area contributed by atoms with E-state index >= 15 is 0 Å². The van der Waals surface area contributed by atoms with Crippen LogP contribution < -0.4 is 15.4 Å². The molecule has 4 aromatic carbocycles. The molecular formula is C29H23FN4O2S. The number of halogens is 1. The molecule has 0 saturated carbocycles. The lowest BCUT2D eigenvalue weighted by Gasteiger charge is -2.12. The summed E-state index contributed by atoms with van der Waals surface area (Å²) in [6, 6.07) is 26.6. The van der Waals surface area contributed by atoms with Gasteiger partial charge in [0, 0.05) is 22.4 Å². The number of fused-ring (bicyclic) bond motifs is 1. The van der Waals surface area contributed by atoms with Gasteiger partial charge in [0.15, 0.2) is 5.11 Å². The highest BCUT2D eigenvalue weighted by Crippen LogP contribution is 2.26. The van der Waals surface area contributed by atoms with E-state index < -0.39 is 0 Å². The first kappa shape index (κ1) is 24.1. The molecule has 0 unspecified atom stereocenters. The van der Waals surface area contributed by atoms with Gasteiger partial charge >= 0.3 is 0 Å². The summed E-state index contributed by atoms with van der Waals surface area (Å²) in [6.45, 7) is 2.11. The normalized spacial score (nSPS) is 10.8. The molecule has 1 heterocycles. The Labute approximate surface area is 218 Å². The minimum absolute atomic E-state index is 0.0960. The molecule has 184 valence electrons. The summed E-state index contributed by atoms with van der Waals surface area (Å²) < 4.78 is 19.4. The molecule has 37 heavy (non-hydrogen) atoms. The number of imidazole rings is 1. The monoisotopic (exact) mass is 510 g/mol. The van der Waals surface area contributed by atoms with Gasteiger partial charge in [-0.05, 0) is 79.3 Å². The topological polar surface area (TPSA) is 79.0 Å². The van der Waals surface area contributed by atoms with Crippen molar-refractivity contribution in [2.45, 2.75) is 13.5 Å². The smallest absolute Gasteiger partial charge is 0.257 e. The maximum Gasteiger partial charge on any atom is 0.257 e. The Morgan fingerprint density at radius 2 is 1.76 bits per heavy atom. The molecule has 0 spiro atoms. The number of benzene rings is 4. The maximum atomic E-state index is 13.8. The number of carbonyl (C=O) groups is 1. The SMILES string of the molecule is Cc1ccc(NC(=S)NC(=O)c2ccc(OCc3ccccc3F)cc2)cc1-c1nc2ccccc2[nH]1. The van der Waals surface area contributed by atoms with Gasteiger partial charge in [-0.3, -0.25) is 10.1 Å². The first-order valence-corrected chi connectivity index (χ1v) is 12.0. The molecular weight excluding hydrogens is 487 g/mol. The van der Waals surface area contributed by atoms with E-state index in [2.05, 4.69) is 20.6 Å². The fourth-order valence-electron chi connectivity index (χ4n) is 3.85. The van der Waals surface area contributed by atoms with Crippen LogP contribution in [0.15, 0.2) is 91.0 Å².